The van der Waals surface area contributed by atoms with Gasteiger partial charge in [0.2, 0.25) is 0 Å². The number of hydrogen-bond donors (Lipinski definition) is 1. The molecule has 0 heterocycles. The molecule has 1 rings (SSSR count). The van der Waals surface area contributed by atoms with Crippen molar-refractivity contribution in [2.24, 2.45) is 11.8 Å². The van der Waals surface area contributed by atoms with Gasteiger partial charge in [0.25, 0.3) is 0 Å². The molecule has 0 radical (unpaired) electrons. The van der Waals surface area contributed by atoms with E-state index in [4.69, 9.17) is 0 Å². The summed E-state index contributed by atoms with van der Waals surface area (Å²) >= 11 is 0. The van der Waals surface area contributed by atoms with Gasteiger partial charge < -0.3 is 10.2 Å². The van der Waals surface area contributed by atoms with Crippen LogP contribution in [0.5, 0.6) is 0 Å². The molecule has 0 spiro atoms. The SMILES string of the molecule is CNC(C)c1ccc(N(CCC(C)C)CCC(C)C)cc1. The molecule has 0 aromatic heterocycles. The number of nitrogens with one attached hydrogen (secondary N) is 1. The van der Waals surface area contributed by atoms with Crippen LogP contribution in [-0.4, -0.2) is 20.1 Å². The maximum absolute atomic E-state index is 3.30. The minimum atomic E-state index is 0.416. The smallest absolute Gasteiger partial charge is 0.0366 e. The highest BCUT2D eigenvalue weighted by atomic mass is 15.1. The van der Waals surface area contributed by atoms with Crippen molar-refractivity contribution in [2.45, 2.75) is 53.5 Å². The molecule has 2 heteroatoms. The predicted octanol–water partition coefficient (Wildman–Crippen LogP) is 4.87. The van der Waals surface area contributed by atoms with E-state index in [1.165, 1.54) is 24.1 Å². The van der Waals surface area contributed by atoms with Crippen molar-refractivity contribution in [3.05, 3.63) is 29.8 Å². The standard InChI is InChI=1S/C19H34N2/c1-15(2)11-13-21(14-12-16(3)4)19-9-7-18(8-10-19)17(5)20-6/h7-10,15-17,20H,11-14H2,1-6H3. The van der Waals surface area contributed by atoms with Gasteiger partial charge in [-0.1, -0.05) is 39.8 Å². The van der Waals surface area contributed by atoms with E-state index in [0.29, 0.717) is 6.04 Å². The number of rotatable bonds is 9. The van der Waals surface area contributed by atoms with Crippen molar-refractivity contribution in [2.75, 3.05) is 25.0 Å². The Balaban J connectivity index is 2.75. The van der Waals surface area contributed by atoms with Gasteiger partial charge >= 0.3 is 0 Å². The van der Waals surface area contributed by atoms with Gasteiger partial charge in [0.05, 0.1) is 0 Å². The van der Waals surface area contributed by atoms with E-state index in [2.05, 4.69) is 69.1 Å². The fraction of sp³-hybridized carbons (Fsp3) is 0.684. The van der Waals surface area contributed by atoms with Crippen molar-refractivity contribution in [3.8, 4) is 0 Å². The second-order valence-electron chi connectivity index (χ2n) is 6.95. The highest BCUT2D eigenvalue weighted by Gasteiger charge is 2.09. The first-order valence-electron chi connectivity index (χ1n) is 8.46. The van der Waals surface area contributed by atoms with Crippen LogP contribution in [0.2, 0.25) is 0 Å². The number of nitrogens with zero attached hydrogens (tertiary/aromatic N) is 1. The van der Waals surface area contributed by atoms with Crippen LogP contribution >= 0.6 is 0 Å². The van der Waals surface area contributed by atoms with E-state index >= 15 is 0 Å². The molecule has 0 fully saturated rings. The van der Waals surface area contributed by atoms with Gasteiger partial charge in [0.15, 0.2) is 0 Å². The van der Waals surface area contributed by atoms with Crippen molar-refractivity contribution in [3.63, 3.8) is 0 Å². The van der Waals surface area contributed by atoms with E-state index in [9.17, 15) is 0 Å². The molecule has 1 unspecified atom stereocenters. The Morgan fingerprint density at radius 3 is 1.71 bits per heavy atom. The van der Waals surface area contributed by atoms with Gasteiger partial charge in [0.1, 0.15) is 0 Å². The lowest BCUT2D eigenvalue weighted by molar-refractivity contribution is 0.535. The highest BCUT2D eigenvalue weighted by molar-refractivity contribution is 5.48. The summed E-state index contributed by atoms with van der Waals surface area (Å²) in [5.41, 5.74) is 2.72. The fourth-order valence-electron chi connectivity index (χ4n) is 2.34. The Morgan fingerprint density at radius 2 is 1.33 bits per heavy atom. The van der Waals surface area contributed by atoms with E-state index in [1.807, 2.05) is 7.05 Å². The Kier molecular flexibility index (Phi) is 7.81. The van der Waals surface area contributed by atoms with Crippen LogP contribution in [0.1, 0.15) is 59.1 Å². The second kappa shape index (κ2) is 9.09. The van der Waals surface area contributed by atoms with Crippen molar-refractivity contribution < 1.29 is 0 Å². The summed E-state index contributed by atoms with van der Waals surface area (Å²) in [6, 6.07) is 9.50. The first-order chi connectivity index (χ1) is 9.93. The zero-order chi connectivity index (χ0) is 15.8. The molecule has 21 heavy (non-hydrogen) atoms. The van der Waals surface area contributed by atoms with Crippen molar-refractivity contribution in [1.29, 1.82) is 0 Å². The fourth-order valence-corrected chi connectivity index (χ4v) is 2.34. The predicted molar refractivity (Wildman–Crippen MR) is 95.0 cm³/mol. The second-order valence-corrected chi connectivity index (χ2v) is 6.95. The third-order valence-electron chi connectivity index (χ3n) is 4.14. The van der Waals surface area contributed by atoms with Gasteiger partial charge in [-0.3, -0.25) is 0 Å². The van der Waals surface area contributed by atoms with Gasteiger partial charge in [-0.2, -0.15) is 0 Å². The zero-order valence-electron chi connectivity index (χ0n) is 14.8. The van der Waals surface area contributed by atoms with Gasteiger partial charge in [-0.15, -0.1) is 0 Å². The van der Waals surface area contributed by atoms with Gasteiger partial charge in [-0.05, 0) is 56.3 Å². The summed E-state index contributed by atoms with van der Waals surface area (Å²) in [6.45, 7) is 13.7. The topological polar surface area (TPSA) is 15.3 Å². The Bertz CT molecular complexity index is 369. The first kappa shape index (κ1) is 18.0. The summed E-state index contributed by atoms with van der Waals surface area (Å²) in [6.07, 6.45) is 2.51. The molecule has 1 aromatic carbocycles. The van der Waals surface area contributed by atoms with E-state index in [0.717, 1.165) is 24.9 Å². The Labute approximate surface area is 131 Å². The van der Waals surface area contributed by atoms with Crippen molar-refractivity contribution >= 4 is 5.69 Å². The lowest BCUT2D eigenvalue weighted by Crippen LogP contribution is -2.27. The van der Waals surface area contributed by atoms with E-state index in [1.54, 1.807) is 0 Å². The van der Waals surface area contributed by atoms with Gasteiger partial charge in [0, 0.05) is 24.8 Å². The minimum absolute atomic E-state index is 0.416. The Morgan fingerprint density at radius 1 is 0.857 bits per heavy atom. The summed E-state index contributed by atoms with van der Waals surface area (Å²) in [7, 11) is 2.01. The highest BCUT2D eigenvalue weighted by Crippen LogP contribution is 2.21. The molecule has 0 aliphatic rings. The summed E-state index contributed by atoms with van der Waals surface area (Å²) < 4.78 is 0. The molecule has 2 nitrogen and oxygen atoms in total. The van der Waals surface area contributed by atoms with Crippen LogP contribution in [0.4, 0.5) is 5.69 Å². The van der Waals surface area contributed by atoms with Gasteiger partial charge in [-0.25, -0.2) is 0 Å². The van der Waals surface area contributed by atoms with E-state index in [-0.39, 0.29) is 0 Å². The van der Waals surface area contributed by atoms with Crippen LogP contribution in [0, 0.1) is 11.8 Å². The minimum Gasteiger partial charge on any atom is -0.372 e. The third kappa shape index (κ3) is 6.52. The molecule has 0 aliphatic heterocycles. The molecule has 0 saturated carbocycles. The summed E-state index contributed by atoms with van der Waals surface area (Å²) in [5, 5.41) is 3.30. The molecule has 120 valence electrons. The van der Waals surface area contributed by atoms with Crippen LogP contribution in [0.25, 0.3) is 0 Å². The third-order valence-corrected chi connectivity index (χ3v) is 4.14. The molecule has 0 bridgehead atoms. The van der Waals surface area contributed by atoms with Crippen molar-refractivity contribution in [1.82, 2.24) is 5.32 Å². The summed E-state index contributed by atoms with van der Waals surface area (Å²) in [4.78, 5) is 2.55. The lowest BCUT2D eigenvalue weighted by atomic mass is 10.1. The molecule has 1 N–H and O–H groups in total. The normalized spacial score (nSPS) is 13.0. The van der Waals surface area contributed by atoms with Crippen LogP contribution in [-0.2, 0) is 0 Å². The molecule has 0 saturated heterocycles. The molecule has 0 amide bonds. The quantitative estimate of drug-likeness (QED) is 0.698. The number of benzene rings is 1. The van der Waals surface area contributed by atoms with Crippen LogP contribution in [0.15, 0.2) is 24.3 Å². The maximum Gasteiger partial charge on any atom is 0.0366 e. The first-order valence-corrected chi connectivity index (χ1v) is 8.46. The maximum atomic E-state index is 3.30. The monoisotopic (exact) mass is 290 g/mol. The van der Waals surface area contributed by atoms with Crippen LogP contribution < -0.4 is 10.2 Å². The molecule has 1 aromatic rings. The lowest BCUT2D eigenvalue weighted by Gasteiger charge is -2.27. The average molecular weight is 290 g/mol. The van der Waals surface area contributed by atoms with E-state index < -0.39 is 0 Å². The number of anilines is 1. The summed E-state index contributed by atoms with van der Waals surface area (Å²) in [5.74, 6) is 1.52. The largest absolute Gasteiger partial charge is 0.372 e. The molecule has 1 atom stereocenters. The molecular formula is C19H34N2. The molecule has 0 aliphatic carbocycles. The zero-order valence-corrected chi connectivity index (χ0v) is 14.8. The molecular weight excluding hydrogens is 256 g/mol. The number of hydrogen-bond acceptors (Lipinski definition) is 2. The van der Waals surface area contributed by atoms with Crippen LogP contribution in [0.3, 0.4) is 0 Å². The average Bonchev–Trinajstić information content (AvgIpc) is 2.46. The Hall–Kier alpha value is -1.02.